The monoisotopic (exact) mass is 640 g/mol. The molecule has 0 spiro atoms. The van der Waals surface area contributed by atoms with Crippen molar-refractivity contribution in [3.8, 4) is 6.07 Å². The van der Waals surface area contributed by atoms with E-state index in [2.05, 4.69) is 5.32 Å². The van der Waals surface area contributed by atoms with Crippen LogP contribution in [0.15, 0.2) is 42.0 Å². The highest BCUT2D eigenvalue weighted by molar-refractivity contribution is 6.47. The number of alkyl carbamates (subject to hydrolysis) is 1. The number of hydrogen-bond acceptors (Lipinski definition) is 7. The van der Waals surface area contributed by atoms with Crippen LogP contribution in [0.1, 0.15) is 85.6 Å². The number of ether oxygens (including phenoxy) is 1. The Morgan fingerprint density at radius 3 is 2.33 bits per heavy atom. The minimum absolute atomic E-state index is 0.0512. The molecule has 4 aliphatic heterocycles. The Morgan fingerprint density at radius 2 is 1.76 bits per heavy atom. The molecule has 0 saturated carbocycles. The first kappa shape index (κ1) is 34.3. The maximum atomic E-state index is 14.0. The third-order valence-corrected chi connectivity index (χ3v) is 10.8. The Balaban J connectivity index is 1.27. The molecular formula is C34H47BF2N4O5. The van der Waals surface area contributed by atoms with Crippen LogP contribution in [0.25, 0.3) is 0 Å². The summed E-state index contributed by atoms with van der Waals surface area (Å²) in [7, 11) is -0.750. The number of nitrogens with zero attached hydrogens (tertiary/aromatic N) is 3. The summed E-state index contributed by atoms with van der Waals surface area (Å²) in [5, 5.41) is 12.9. The maximum Gasteiger partial charge on any atom is 0.501 e. The Hall–Kier alpha value is -3.01. The van der Waals surface area contributed by atoms with Gasteiger partial charge in [-0.1, -0.05) is 30.3 Å². The van der Waals surface area contributed by atoms with E-state index in [0.29, 0.717) is 25.7 Å². The fraction of sp³-hybridized carbons (Fsp3) is 0.676. The fourth-order valence-electron chi connectivity index (χ4n) is 7.27. The zero-order chi connectivity index (χ0) is 33.5. The van der Waals surface area contributed by atoms with Gasteiger partial charge < -0.3 is 24.3 Å². The van der Waals surface area contributed by atoms with Crippen LogP contribution in [0.5, 0.6) is 0 Å². The summed E-state index contributed by atoms with van der Waals surface area (Å²) in [6.45, 7) is 11.3. The Morgan fingerprint density at radius 1 is 1.13 bits per heavy atom. The predicted octanol–water partition coefficient (Wildman–Crippen LogP) is 5.44. The van der Waals surface area contributed by atoms with Crippen LogP contribution >= 0.6 is 0 Å². The zero-order valence-corrected chi connectivity index (χ0v) is 27.9. The quantitative estimate of drug-likeness (QED) is 0.207. The molecule has 4 aliphatic rings. The van der Waals surface area contributed by atoms with Gasteiger partial charge in [-0.2, -0.15) is 5.26 Å². The van der Waals surface area contributed by atoms with Gasteiger partial charge in [0, 0.05) is 31.1 Å². The molecule has 5 rings (SSSR count). The number of alkyl halides is 2. The number of halogens is 2. The van der Waals surface area contributed by atoms with E-state index in [4.69, 9.17) is 14.0 Å². The van der Waals surface area contributed by atoms with Crippen molar-refractivity contribution in [3.05, 3.63) is 47.5 Å². The summed E-state index contributed by atoms with van der Waals surface area (Å²) in [5.41, 5.74) is -1.72. The minimum atomic E-state index is -2.79. The summed E-state index contributed by atoms with van der Waals surface area (Å²) in [4.78, 5) is 30.6. The normalized spacial score (nSPS) is 27.5. The van der Waals surface area contributed by atoms with Crippen molar-refractivity contribution >= 4 is 19.1 Å². The number of hydrogen-bond donors (Lipinski definition) is 1. The third kappa shape index (κ3) is 6.97. The number of likely N-dealkylation sites (tertiary alicyclic amines) is 1. The summed E-state index contributed by atoms with van der Waals surface area (Å²) >= 11 is 0. The fourth-order valence-corrected chi connectivity index (χ4v) is 7.27. The highest BCUT2D eigenvalue weighted by Crippen LogP contribution is 2.47. The molecule has 2 amide bonds. The molecule has 9 nitrogen and oxygen atoms in total. The highest BCUT2D eigenvalue weighted by Gasteiger charge is 2.56. The van der Waals surface area contributed by atoms with Gasteiger partial charge in [0.25, 0.3) is 11.8 Å². The van der Waals surface area contributed by atoms with Crippen LogP contribution in [0.3, 0.4) is 0 Å². The number of aryl methyl sites for hydroxylation is 1. The lowest BCUT2D eigenvalue weighted by Crippen LogP contribution is -2.53. The SMILES string of the molecule is CC(C)(/C=C(\C#N)C(=O)N1C2CCC1(CNC(=O)O[C@@H](CCc1ccccc1)B1OC(C)(C)C(C)(C)O1)CC2)N1CCC(F)(F)C1. The molecule has 4 heterocycles. The summed E-state index contributed by atoms with van der Waals surface area (Å²) in [6.07, 6.45) is 4.67. The molecule has 12 heteroatoms. The Bertz CT molecular complexity index is 1350. The van der Waals surface area contributed by atoms with Crippen LogP contribution in [0, 0.1) is 11.3 Å². The molecule has 0 aromatic heterocycles. The van der Waals surface area contributed by atoms with Gasteiger partial charge in [0.05, 0.1) is 23.3 Å². The van der Waals surface area contributed by atoms with Crippen molar-refractivity contribution in [2.24, 2.45) is 0 Å². The molecule has 2 bridgehead atoms. The number of carbonyl (C=O) groups excluding carboxylic acids is 2. The van der Waals surface area contributed by atoms with Gasteiger partial charge in [-0.3, -0.25) is 9.69 Å². The van der Waals surface area contributed by atoms with Crippen LogP contribution in [-0.2, 0) is 25.3 Å². The molecule has 46 heavy (non-hydrogen) atoms. The van der Waals surface area contributed by atoms with Gasteiger partial charge in [0.1, 0.15) is 17.6 Å². The molecule has 4 fully saturated rings. The third-order valence-electron chi connectivity index (χ3n) is 10.8. The zero-order valence-electron chi connectivity index (χ0n) is 27.9. The lowest BCUT2D eigenvalue weighted by atomic mass is 9.77. The summed E-state index contributed by atoms with van der Waals surface area (Å²) in [5.74, 6) is -3.21. The van der Waals surface area contributed by atoms with Crippen molar-refractivity contribution in [3.63, 3.8) is 0 Å². The van der Waals surface area contributed by atoms with Crippen molar-refractivity contribution in [2.45, 2.75) is 127 Å². The molecule has 1 N–H and O–H groups in total. The molecule has 1 atom stereocenters. The first-order chi connectivity index (χ1) is 21.5. The molecule has 1 aromatic carbocycles. The van der Waals surface area contributed by atoms with Crippen molar-refractivity contribution < 1.29 is 32.4 Å². The molecule has 4 saturated heterocycles. The smallest absolute Gasteiger partial charge is 0.449 e. The minimum Gasteiger partial charge on any atom is -0.449 e. The van der Waals surface area contributed by atoms with E-state index in [9.17, 15) is 23.6 Å². The Labute approximate surface area is 271 Å². The van der Waals surface area contributed by atoms with Gasteiger partial charge in [-0.25, -0.2) is 13.6 Å². The molecule has 0 unspecified atom stereocenters. The molecular weight excluding hydrogens is 593 g/mol. The predicted molar refractivity (Wildman–Crippen MR) is 170 cm³/mol. The lowest BCUT2D eigenvalue weighted by Gasteiger charge is -2.36. The van der Waals surface area contributed by atoms with E-state index in [1.807, 2.05) is 64.1 Å². The second-order valence-corrected chi connectivity index (χ2v) is 14.9. The number of amides is 2. The van der Waals surface area contributed by atoms with Gasteiger partial charge in [0.2, 0.25) is 0 Å². The van der Waals surface area contributed by atoms with Crippen molar-refractivity contribution in [1.82, 2.24) is 15.1 Å². The van der Waals surface area contributed by atoms with Gasteiger partial charge >= 0.3 is 13.2 Å². The average molecular weight is 641 g/mol. The van der Waals surface area contributed by atoms with Gasteiger partial charge in [-0.05, 0) is 91.7 Å². The molecule has 0 aliphatic carbocycles. The van der Waals surface area contributed by atoms with E-state index in [-0.39, 0.29) is 31.1 Å². The number of rotatable bonds is 10. The number of benzene rings is 1. The van der Waals surface area contributed by atoms with Gasteiger partial charge in [-0.15, -0.1) is 0 Å². The van der Waals surface area contributed by atoms with Crippen LogP contribution in [-0.4, -0.2) is 88.8 Å². The number of nitriles is 1. The molecule has 0 radical (unpaired) electrons. The first-order valence-electron chi connectivity index (χ1n) is 16.4. The van der Waals surface area contributed by atoms with E-state index in [1.165, 1.54) is 6.08 Å². The molecule has 1 aromatic rings. The summed E-state index contributed by atoms with van der Waals surface area (Å²) in [6, 6.07) is 11.2. The van der Waals surface area contributed by atoms with Crippen molar-refractivity contribution in [2.75, 3.05) is 19.6 Å². The van der Waals surface area contributed by atoms with E-state index in [1.54, 1.807) is 23.6 Å². The topological polar surface area (TPSA) is 104 Å². The van der Waals surface area contributed by atoms with Crippen LogP contribution in [0.4, 0.5) is 13.6 Å². The number of carbonyl (C=O) groups is 2. The lowest BCUT2D eigenvalue weighted by molar-refractivity contribution is -0.130. The standard InChI is InChI=1S/C34H47BF2N4O5/c1-30(2,40-19-18-34(36,37)23-40)20-25(21-38)28(42)41-26-14-16-33(41,17-15-26)22-39-29(43)44-27(13-12-24-10-8-7-9-11-24)35-45-31(3,4)32(5,6)46-35/h7-11,20,26-27H,12-19,22-23H2,1-6H3,(H,39,43)/b25-20+/t26?,27-,33?/m0/s1. The second kappa shape index (κ2) is 12.5. The number of nitrogens with one attached hydrogen (secondary N) is 1. The van der Waals surface area contributed by atoms with Crippen LogP contribution < -0.4 is 5.32 Å². The van der Waals surface area contributed by atoms with E-state index < -0.39 is 59.9 Å². The summed E-state index contributed by atoms with van der Waals surface area (Å²) < 4.78 is 46.4. The van der Waals surface area contributed by atoms with Crippen molar-refractivity contribution in [1.29, 1.82) is 5.26 Å². The average Bonchev–Trinajstić information content (AvgIpc) is 3.72. The second-order valence-electron chi connectivity index (χ2n) is 14.9. The number of fused-ring (bicyclic) bond motifs is 2. The van der Waals surface area contributed by atoms with Gasteiger partial charge in [0.15, 0.2) is 0 Å². The maximum absolute atomic E-state index is 14.0. The van der Waals surface area contributed by atoms with Crippen LogP contribution in [0.2, 0.25) is 0 Å². The highest BCUT2D eigenvalue weighted by atomic mass is 19.3. The Kier molecular flexibility index (Phi) is 9.37. The first-order valence-corrected chi connectivity index (χ1v) is 16.4. The largest absolute Gasteiger partial charge is 0.501 e. The molecule has 250 valence electrons. The van der Waals surface area contributed by atoms with E-state index >= 15 is 0 Å². The van der Waals surface area contributed by atoms with E-state index in [0.717, 1.165) is 18.4 Å².